The number of hydrogen-bond acceptors (Lipinski definition) is 2. The molecule has 0 aliphatic rings. The highest BCUT2D eigenvalue weighted by Crippen LogP contribution is 2.28. The molecule has 0 fully saturated rings. The van der Waals surface area contributed by atoms with Crippen molar-refractivity contribution in [2.24, 2.45) is 0 Å². The summed E-state index contributed by atoms with van der Waals surface area (Å²) < 4.78 is 0. The van der Waals surface area contributed by atoms with E-state index in [1.807, 2.05) is 7.05 Å². The monoisotopic (exact) mass is 220 g/mol. The number of rotatable bonds is 3. The maximum Gasteiger partial charge on any atom is 0.0858 e. The van der Waals surface area contributed by atoms with Crippen LogP contribution in [0.25, 0.3) is 0 Å². The first-order chi connectivity index (χ1) is 7.40. The molecule has 2 heteroatoms. The molecule has 0 spiro atoms. The average molecular weight is 220 g/mol. The lowest BCUT2D eigenvalue weighted by atomic mass is 9.92. The largest absolute Gasteiger partial charge is 0.301 e. The Balaban J connectivity index is 3.41. The summed E-state index contributed by atoms with van der Waals surface area (Å²) in [6, 6.07) is 2.27. The molecule has 2 nitrogen and oxygen atoms in total. The molecule has 0 radical (unpaired) electrons. The highest BCUT2D eigenvalue weighted by molar-refractivity contribution is 5.45. The second-order valence-corrected chi connectivity index (χ2v) is 4.83. The Bertz CT molecular complexity index is 355. The van der Waals surface area contributed by atoms with E-state index in [0.29, 0.717) is 6.17 Å². The molecule has 1 unspecified atom stereocenters. The molecule has 1 N–H and O–H groups in total. The van der Waals surface area contributed by atoms with Crippen molar-refractivity contribution in [2.75, 3.05) is 21.1 Å². The van der Waals surface area contributed by atoms with Crippen LogP contribution in [0.15, 0.2) is 6.07 Å². The summed E-state index contributed by atoms with van der Waals surface area (Å²) in [7, 11) is 6.23. The third kappa shape index (κ3) is 2.28. The fourth-order valence-electron chi connectivity index (χ4n) is 2.32. The summed E-state index contributed by atoms with van der Waals surface area (Å²) in [5.41, 5.74) is 6.97. The van der Waals surface area contributed by atoms with Crippen molar-refractivity contribution < 1.29 is 0 Å². The van der Waals surface area contributed by atoms with E-state index in [-0.39, 0.29) is 0 Å². The summed E-state index contributed by atoms with van der Waals surface area (Å²) in [6.07, 6.45) is 0.290. The van der Waals surface area contributed by atoms with Crippen molar-refractivity contribution in [3.63, 3.8) is 0 Å². The smallest absolute Gasteiger partial charge is 0.0858 e. The van der Waals surface area contributed by atoms with Crippen molar-refractivity contribution >= 4 is 0 Å². The second-order valence-electron chi connectivity index (χ2n) is 4.83. The minimum absolute atomic E-state index is 0.290. The number of nitrogens with zero attached hydrogens (tertiary/aromatic N) is 1. The van der Waals surface area contributed by atoms with Crippen LogP contribution in [0, 0.1) is 27.7 Å². The Labute approximate surface area is 99.7 Å². The van der Waals surface area contributed by atoms with Crippen molar-refractivity contribution in [2.45, 2.75) is 33.9 Å². The van der Waals surface area contributed by atoms with Crippen LogP contribution >= 0.6 is 0 Å². The molecule has 0 saturated carbocycles. The van der Waals surface area contributed by atoms with E-state index in [1.165, 1.54) is 27.8 Å². The quantitative estimate of drug-likeness (QED) is 0.788. The van der Waals surface area contributed by atoms with Crippen LogP contribution < -0.4 is 5.32 Å². The molecular formula is C14H24N2. The van der Waals surface area contributed by atoms with E-state index in [2.05, 4.69) is 58.1 Å². The summed E-state index contributed by atoms with van der Waals surface area (Å²) in [4.78, 5) is 2.22. The molecule has 0 aromatic heterocycles. The first-order valence-electron chi connectivity index (χ1n) is 5.81. The summed E-state index contributed by atoms with van der Waals surface area (Å²) >= 11 is 0. The zero-order valence-electron chi connectivity index (χ0n) is 11.6. The Morgan fingerprint density at radius 2 is 1.44 bits per heavy atom. The highest BCUT2D eigenvalue weighted by Gasteiger charge is 2.18. The van der Waals surface area contributed by atoms with E-state index in [1.54, 1.807) is 0 Å². The maximum atomic E-state index is 3.38. The molecule has 0 bridgehead atoms. The number of nitrogens with one attached hydrogen (secondary N) is 1. The first kappa shape index (κ1) is 13.2. The van der Waals surface area contributed by atoms with E-state index in [0.717, 1.165) is 0 Å². The Morgan fingerprint density at radius 1 is 1.00 bits per heavy atom. The molecule has 0 amide bonds. The fraction of sp³-hybridized carbons (Fsp3) is 0.571. The lowest BCUT2D eigenvalue weighted by molar-refractivity contribution is 0.262. The zero-order valence-corrected chi connectivity index (χ0v) is 11.6. The maximum absolute atomic E-state index is 3.38. The van der Waals surface area contributed by atoms with Gasteiger partial charge in [0.05, 0.1) is 6.17 Å². The summed E-state index contributed by atoms with van der Waals surface area (Å²) in [5, 5.41) is 3.38. The number of benzene rings is 1. The van der Waals surface area contributed by atoms with Gasteiger partial charge in [0.15, 0.2) is 0 Å². The van der Waals surface area contributed by atoms with Crippen LogP contribution in [0.4, 0.5) is 0 Å². The van der Waals surface area contributed by atoms with Gasteiger partial charge in [0.1, 0.15) is 0 Å². The molecule has 1 rings (SSSR count). The topological polar surface area (TPSA) is 15.3 Å². The predicted molar refractivity (Wildman–Crippen MR) is 70.9 cm³/mol. The van der Waals surface area contributed by atoms with Gasteiger partial charge in [-0.1, -0.05) is 6.07 Å². The molecule has 1 atom stereocenters. The van der Waals surface area contributed by atoms with Gasteiger partial charge in [-0.2, -0.15) is 0 Å². The minimum Gasteiger partial charge on any atom is -0.301 e. The van der Waals surface area contributed by atoms with Crippen molar-refractivity contribution in [3.05, 3.63) is 33.9 Å². The van der Waals surface area contributed by atoms with Gasteiger partial charge in [0, 0.05) is 0 Å². The van der Waals surface area contributed by atoms with Gasteiger partial charge in [0.25, 0.3) is 0 Å². The zero-order chi connectivity index (χ0) is 12.5. The fourth-order valence-corrected chi connectivity index (χ4v) is 2.32. The summed E-state index contributed by atoms with van der Waals surface area (Å²) in [5.74, 6) is 0. The lowest BCUT2D eigenvalue weighted by Gasteiger charge is -2.29. The molecular weight excluding hydrogens is 196 g/mol. The van der Waals surface area contributed by atoms with Crippen LogP contribution in [0.5, 0.6) is 0 Å². The molecule has 0 aliphatic heterocycles. The molecule has 90 valence electrons. The lowest BCUT2D eigenvalue weighted by Crippen LogP contribution is -2.32. The number of aryl methyl sites for hydroxylation is 2. The van der Waals surface area contributed by atoms with Gasteiger partial charge < -0.3 is 5.32 Å². The van der Waals surface area contributed by atoms with Crippen molar-refractivity contribution in [3.8, 4) is 0 Å². The molecule has 0 heterocycles. The van der Waals surface area contributed by atoms with E-state index >= 15 is 0 Å². The van der Waals surface area contributed by atoms with E-state index < -0.39 is 0 Å². The Morgan fingerprint density at radius 3 is 1.75 bits per heavy atom. The summed E-state index contributed by atoms with van der Waals surface area (Å²) in [6.45, 7) is 8.80. The molecule has 0 saturated heterocycles. The molecule has 1 aromatic rings. The molecule has 16 heavy (non-hydrogen) atoms. The Hall–Kier alpha value is -0.860. The highest BCUT2D eigenvalue weighted by atomic mass is 15.2. The van der Waals surface area contributed by atoms with Gasteiger partial charge in [-0.25, -0.2) is 0 Å². The van der Waals surface area contributed by atoms with Crippen LogP contribution in [0.1, 0.15) is 34.0 Å². The third-order valence-electron chi connectivity index (χ3n) is 3.49. The average Bonchev–Trinajstić information content (AvgIpc) is 2.21. The number of hydrogen-bond donors (Lipinski definition) is 1. The second kappa shape index (κ2) is 4.98. The standard InChI is InChI=1S/C14H24N2/c1-9-8-10(2)12(4)13(11(9)3)14(15-5)16(6)7/h8,14-15H,1-7H3. The van der Waals surface area contributed by atoms with Crippen molar-refractivity contribution in [1.29, 1.82) is 0 Å². The van der Waals surface area contributed by atoms with Crippen LogP contribution in [0.3, 0.4) is 0 Å². The van der Waals surface area contributed by atoms with Gasteiger partial charge in [-0.05, 0) is 76.7 Å². The third-order valence-corrected chi connectivity index (χ3v) is 3.49. The van der Waals surface area contributed by atoms with Crippen LogP contribution in [-0.2, 0) is 0 Å². The van der Waals surface area contributed by atoms with Gasteiger partial charge in [-0.3, -0.25) is 4.90 Å². The van der Waals surface area contributed by atoms with Crippen molar-refractivity contribution in [1.82, 2.24) is 10.2 Å². The van der Waals surface area contributed by atoms with E-state index in [4.69, 9.17) is 0 Å². The van der Waals surface area contributed by atoms with Crippen LogP contribution in [0.2, 0.25) is 0 Å². The SMILES string of the molecule is CNC(c1c(C)c(C)cc(C)c1C)N(C)C. The molecule has 1 aromatic carbocycles. The normalized spacial score (nSPS) is 13.2. The van der Waals surface area contributed by atoms with Gasteiger partial charge in [-0.15, -0.1) is 0 Å². The minimum atomic E-state index is 0.290. The van der Waals surface area contributed by atoms with E-state index in [9.17, 15) is 0 Å². The van der Waals surface area contributed by atoms with Gasteiger partial charge >= 0.3 is 0 Å². The first-order valence-corrected chi connectivity index (χ1v) is 5.81. The molecule has 0 aliphatic carbocycles. The van der Waals surface area contributed by atoms with Crippen LogP contribution in [-0.4, -0.2) is 26.0 Å². The van der Waals surface area contributed by atoms with Gasteiger partial charge in [0.2, 0.25) is 0 Å². The Kier molecular flexibility index (Phi) is 4.11. The predicted octanol–water partition coefficient (Wildman–Crippen LogP) is 2.70.